The van der Waals surface area contributed by atoms with Gasteiger partial charge in [-0.1, -0.05) is 6.42 Å². The molecule has 0 atom stereocenters. The van der Waals surface area contributed by atoms with Gasteiger partial charge in [0, 0.05) is 19.2 Å². The highest BCUT2D eigenvalue weighted by atomic mass is 19.1. The lowest BCUT2D eigenvalue weighted by Gasteiger charge is -2.26. The van der Waals surface area contributed by atoms with Crippen LogP contribution in [0, 0.1) is 5.82 Å². The van der Waals surface area contributed by atoms with Crippen LogP contribution in [0.2, 0.25) is 0 Å². The second-order valence-electron chi connectivity index (χ2n) is 5.08. The first-order chi connectivity index (χ1) is 9.28. The minimum absolute atomic E-state index is 0.235. The van der Waals surface area contributed by atoms with Gasteiger partial charge in [-0.25, -0.2) is 4.39 Å². The van der Waals surface area contributed by atoms with Gasteiger partial charge in [0.25, 0.3) is 0 Å². The second kappa shape index (κ2) is 7.46. The Hall–Kier alpha value is -1.13. The average molecular weight is 266 g/mol. The molecular formula is C15H23FN2O. The minimum atomic E-state index is -0.235. The van der Waals surface area contributed by atoms with E-state index in [2.05, 4.69) is 10.2 Å². The zero-order chi connectivity index (χ0) is 13.5. The average Bonchev–Trinajstić information content (AvgIpc) is 2.40. The smallest absolute Gasteiger partial charge is 0.127 e. The van der Waals surface area contributed by atoms with Gasteiger partial charge >= 0.3 is 0 Å². The maximum atomic E-state index is 13.4. The van der Waals surface area contributed by atoms with E-state index >= 15 is 0 Å². The molecule has 1 aliphatic heterocycles. The molecule has 1 saturated heterocycles. The third-order valence-corrected chi connectivity index (χ3v) is 3.44. The summed E-state index contributed by atoms with van der Waals surface area (Å²) < 4.78 is 19.1. The molecule has 1 fully saturated rings. The molecule has 0 bridgehead atoms. The molecule has 106 valence electrons. The van der Waals surface area contributed by atoms with Crippen LogP contribution in [0.3, 0.4) is 0 Å². The van der Waals surface area contributed by atoms with Crippen molar-refractivity contribution in [1.29, 1.82) is 0 Å². The first-order valence-electron chi connectivity index (χ1n) is 7.07. The fourth-order valence-corrected chi connectivity index (χ4v) is 2.49. The van der Waals surface area contributed by atoms with E-state index in [0.29, 0.717) is 18.9 Å². The summed E-state index contributed by atoms with van der Waals surface area (Å²) in [4.78, 5) is 2.41. The molecule has 19 heavy (non-hydrogen) atoms. The van der Waals surface area contributed by atoms with E-state index < -0.39 is 0 Å². The predicted molar refractivity (Wildman–Crippen MR) is 74.9 cm³/mol. The zero-order valence-electron chi connectivity index (χ0n) is 11.6. The van der Waals surface area contributed by atoms with Crippen LogP contribution in [0.15, 0.2) is 18.2 Å². The molecule has 0 unspecified atom stereocenters. The lowest BCUT2D eigenvalue weighted by molar-refractivity contribution is 0.183. The summed E-state index contributed by atoms with van der Waals surface area (Å²) in [7, 11) is 1.85. The Kier molecular flexibility index (Phi) is 5.61. The van der Waals surface area contributed by atoms with Crippen molar-refractivity contribution in [2.24, 2.45) is 0 Å². The summed E-state index contributed by atoms with van der Waals surface area (Å²) in [6.07, 6.45) is 3.91. The van der Waals surface area contributed by atoms with E-state index in [1.807, 2.05) is 13.1 Å². The lowest BCUT2D eigenvalue weighted by Crippen LogP contribution is -2.33. The summed E-state index contributed by atoms with van der Waals surface area (Å²) in [6, 6.07) is 4.89. The molecule has 0 aliphatic carbocycles. The number of ether oxygens (including phenoxy) is 1. The first kappa shape index (κ1) is 14.3. The molecule has 4 heteroatoms. The van der Waals surface area contributed by atoms with Crippen LogP contribution in [0.1, 0.15) is 24.8 Å². The number of nitrogens with one attached hydrogen (secondary N) is 1. The van der Waals surface area contributed by atoms with Gasteiger partial charge in [0.05, 0.1) is 0 Å². The molecule has 0 amide bonds. The first-order valence-corrected chi connectivity index (χ1v) is 7.07. The molecule has 3 nitrogen and oxygen atoms in total. The van der Waals surface area contributed by atoms with E-state index in [1.165, 1.54) is 31.4 Å². The van der Waals surface area contributed by atoms with Crippen LogP contribution in [-0.2, 0) is 6.54 Å². The van der Waals surface area contributed by atoms with E-state index in [0.717, 1.165) is 25.2 Å². The maximum Gasteiger partial charge on any atom is 0.127 e. The largest absolute Gasteiger partial charge is 0.492 e. The fourth-order valence-electron chi connectivity index (χ4n) is 2.49. The van der Waals surface area contributed by atoms with E-state index in [4.69, 9.17) is 4.74 Å². The van der Waals surface area contributed by atoms with Gasteiger partial charge in [-0.3, -0.25) is 4.90 Å². The number of likely N-dealkylation sites (tertiary alicyclic amines) is 1. The number of nitrogens with zero attached hydrogens (tertiary/aromatic N) is 1. The summed E-state index contributed by atoms with van der Waals surface area (Å²) in [6.45, 7) is 4.54. The third kappa shape index (κ3) is 4.80. The Labute approximate surface area is 114 Å². The van der Waals surface area contributed by atoms with E-state index in [-0.39, 0.29) is 5.82 Å². The summed E-state index contributed by atoms with van der Waals surface area (Å²) in [5, 5.41) is 3.02. The maximum absolute atomic E-state index is 13.4. The van der Waals surface area contributed by atoms with Crippen molar-refractivity contribution in [2.75, 3.05) is 33.3 Å². The van der Waals surface area contributed by atoms with Gasteiger partial charge in [-0.2, -0.15) is 0 Å². The predicted octanol–water partition coefficient (Wildman–Crippen LogP) is 2.41. The van der Waals surface area contributed by atoms with Gasteiger partial charge in [0.1, 0.15) is 18.2 Å². The molecule has 2 rings (SSSR count). The highest BCUT2D eigenvalue weighted by Crippen LogP contribution is 2.16. The Morgan fingerprint density at radius 1 is 1.21 bits per heavy atom. The van der Waals surface area contributed by atoms with E-state index in [9.17, 15) is 4.39 Å². The van der Waals surface area contributed by atoms with Crippen molar-refractivity contribution in [2.45, 2.75) is 25.8 Å². The highest BCUT2D eigenvalue weighted by Gasteiger charge is 2.09. The number of piperidine rings is 1. The molecule has 1 aliphatic rings. The zero-order valence-corrected chi connectivity index (χ0v) is 11.6. The van der Waals surface area contributed by atoms with Crippen LogP contribution in [0.4, 0.5) is 4.39 Å². The molecule has 0 spiro atoms. The Morgan fingerprint density at radius 2 is 2.00 bits per heavy atom. The van der Waals surface area contributed by atoms with Crippen LogP contribution in [-0.4, -0.2) is 38.2 Å². The highest BCUT2D eigenvalue weighted by molar-refractivity contribution is 5.29. The fraction of sp³-hybridized carbons (Fsp3) is 0.600. The Balaban J connectivity index is 1.81. The minimum Gasteiger partial charge on any atom is -0.492 e. The van der Waals surface area contributed by atoms with Gasteiger partial charge in [0.15, 0.2) is 0 Å². The van der Waals surface area contributed by atoms with Gasteiger partial charge in [-0.15, -0.1) is 0 Å². The van der Waals surface area contributed by atoms with Crippen LogP contribution >= 0.6 is 0 Å². The van der Waals surface area contributed by atoms with Gasteiger partial charge < -0.3 is 10.1 Å². The molecular weight excluding hydrogens is 243 g/mol. The number of hydrogen-bond acceptors (Lipinski definition) is 3. The third-order valence-electron chi connectivity index (χ3n) is 3.44. The van der Waals surface area contributed by atoms with Crippen LogP contribution < -0.4 is 10.1 Å². The van der Waals surface area contributed by atoms with Crippen molar-refractivity contribution in [3.63, 3.8) is 0 Å². The van der Waals surface area contributed by atoms with E-state index in [1.54, 1.807) is 0 Å². The standard InChI is InChI=1S/C15H23FN2O/c1-17-12-13-9-14(16)11-15(10-13)19-8-7-18-5-3-2-4-6-18/h9-11,17H,2-8,12H2,1H3. The number of hydrogen-bond donors (Lipinski definition) is 1. The van der Waals surface area contributed by atoms with Crippen molar-refractivity contribution in [1.82, 2.24) is 10.2 Å². The lowest BCUT2D eigenvalue weighted by atomic mass is 10.1. The molecule has 0 radical (unpaired) electrons. The summed E-state index contributed by atoms with van der Waals surface area (Å²) in [5.41, 5.74) is 0.912. The topological polar surface area (TPSA) is 24.5 Å². The second-order valence-corrected chi connectivity index (χ2v) is 5.08. The van der Waals surface area contributed by atoms with Gasteiger partial charge in [0.2, 0.25) is 0 Å². The Morgan fingerprint density at radius 3 is 2.74 bits per heavy atom. The monoisotopic (exact) mass is 266 g/mol. The van der Waals surface area contributed by atoms with Crippen LogP contribution in [0.25, 0.3) is 0 Å². The molecule has 0 saturated carbocycles. The normalized spacial score (nSPS) is 16.5. The van der Waals surface area contributed by atoms with Crippen molar-refractivity contribution in [3.8, 4) is 5.75 Å². The number of halogens is 1. The van der Waals surface area contributed by atoms with Crippen molar-refractivity contribution < 1.29 is 9.13 Å². The molecule has 1 heterocycles. The number of rotatable bonds is 6. The molecule has 0 aromatic heterocycles. The SMILES string of the molecule is CNCc1cc(F)cc(OCCN2CCCCC2)c1. The summed E-state index contributed by atoms with van der Waals surface area (Å²) >= 11 is 0. The van der Waals surface area contributed by atoms with Crippen LogP contribution in [0.5, 0.6) is 5.75 Å². The summed E-state index contributed by atoms with van der Waals surface area (Å²) in [5.74, 6) is 0.392. The quantitative estimate of drug-likeness (QED) is 0.855. The van der Waals surface area contributed by atoms with Gasteiger partial charge in [-0.05, 0) is 50.7 Å². The Bertz CT molecular complexity index is 392. The molecule has 1 aromatic rings. The molecule has 1 N–H and O–H groups in total. The van der Waals surface area contributed by atoms with Crippen molar-refractivity contribution >= 4 is 0 Å². The van der Waals surface area contributed by atoms with Crippen molar-refractivity contribution in [3.05, 3.63) is 29.6 Å². The molecule has 1 aromatic carbocycles. The number of benzene rings is 1.